The second-order valence-corrected chi connectivity index (χ2v) is 4.82. The van der Waals surface area contributed by atoms with Crippen LogP contribution in [0.5, 0.6) is 0 Å². The summed E-state index contributed by atoms with van der Waals surface area (Å²) in [5, 5.41) is 55.3. The lowest BCUT2D eigenvalue weighted by Gasteiger charge is -1.96. The zero-order valence-electron chi connectivity index (χ0n) is 16.7. The summed E-state index contributed by atoms with van der Waals surface area (Å²) in [5.41, 5.74) is 0.528. The SMILES string of the molecule is C=C(C)C(=O)O.C=C(C)C(=O)O.C=C(C)C(=O)O.C=CC(=O)O.OCC(O)CO. The largest absolute Gasteiger partial charge is 0.478 e. The van der Waals surface area contributed by atoms with E-state index in [0.29, 0.717) is 0 Å². The molecule has 0 atom stereocenters. The highest BCUT2D eigenvalue weighted by molar-refractivity contribution is 5.85. The Labute approximate surface area is 168 Å². The summed E-state index contributed by atoms with van der Waals surface area (Å²) in [6.07, 6.45) is -0.120. The molecule has 0 aliphatic rings. The number of hydrogen-bond acceptors (Lipinski definition) is 7. The minimum absolute atomic E-state index is 0.176. The number of carboxylic acid groups (broad SMARTS) is 4. The third kappa shape index (κ3) is 58.9. The van der Waals surface area contributed by atoms with Gasteiger partial charge >= 0.3 is 23.9 Å². The van der Waals surface area contributed by atoms with Crippen molar-refractivity contribution in [1.29, 1.82) is 0 Å². The third-order valence-electron chi connectivity index (χ3n) is 1.69. The predicted molar refractivity (Wildman–Crippen MR) is 105 cm³/mol. The summed E-state index contributed by atoms with van der Waals surface area (Å²) in [4.78, 5) is 38.0. The van der Waals surface area contributed by atoms with Crippen molar-refractivity contribution >= 4 is 23.9 Å². The van der Waals surface area contributed by atoms with Gasteiger partial charge in [-0.1, -0.05) is 26.3 Å². The van der Waals surface area contributed by atoms with Gasteiger partial charge in [0.15, 0.2) is 0 Å². The maximum atomic E-state index is 9.60. The summed E-state index contributed by atoms with van der Waals surface area (Å²) in [5.74, 6) is -3.79. The number of aliphatic hydroxyl groups excluding tert-OH is 3. The molecule has 0 aromatic carbocycles. The van der Waals surface area contributed by atoms with Crippen LogP contribution in [0.1, 0.15) is 20.8 Å². The first-order valence-electron chi connectivity index (χ1n) is 7.43. The monoisotopic (exact) mass is 422 g/mol. The Morgan fingerprint density at radius 1 is 0.724 bits per heavy atom. The maximum Gasteiger partial charge on any atom is 0.330 e. The molecule has 0 aromatic heterocycles. The quantitative estimate of drug-likeness (QED) is 0.293. The number of rotatable bonds is 6. The minimum Gasteiger partial charge on any atom is -0.478 e. The van der Waals surface area contributed by atoms with E-state index in [1.807, 2.05) is 0 Å². The zero-order chi connectivity index (χ0) is 24.7. The third-order valence-corrected chi connectivity index (χ3v) is 1.69. The van der Waals surface area contributed by atoms with Crippen molar-refractivity contribution < 1.29 is 54.9 Å². The van der Waals surface area contributed by atoms with Gasteiger partial charge in [-0.3, -0.25) is 0 Å². The van der Waals surface area contributed by atoms with Crippen LogP contribution in [0.25, 0.3) is 0 Å². The molecule has 0 saturated heterocycles. The normalized spacial score (nSPS) is 7.83. The molecule has 168 valence electrons. The van der Waals surface area contributed by atoms with Crippen LogP contribution < -0.4 is 0 Å². The van der Waals surface area contributed by atoms with E-state index >= 15 is 0 Å². The number of carbonyl (C=O) groups is 4. The van der Waals surface area contributed by atoms with Crippen molar-refractivity contribution in [2.45, 2.75) is 26.9 Å². The van der Waals surface area contributed by atoms with Crippen LogP contribution in [0.15, 0.2) is 49.1 Å². The molecule has 7 N–H and O–H groups in total. The van der Waals surface area contributed by atoms with Crippen molar-refractivity contribution in [2.24, 2.45) is 0 Å². The minimum atomic E-state index is -0.981. The zero-order valence-corrected chi connectivity index (χ0v) is 16.7. The molecule has 0 unspecified atom stereocenters. The highest BCUT2D eigenvalue weighted by Crippen LogP contribution is 1.82. The number of hydrogen-bond donors (Lipinski definition) is 7. The van der Waals surface area contributed by atoms with Gasteiger partial charge < -0.3 is 35.7 Å². The molecule has 29 heavy (non-hydrogen) atoms. The summed E-state index contributed by atoms with van der Waals surface area (Å²) in [6, 6.07) is 0. The molecule has 0 aliphatic heterocycles. The fraction of sp³-hybridized carbons (Fsp3) is 0.333. The van der Waals surface area contributed by atoms with Crippen molar-refractivity contribution in [3.63, 3.8) is 0 Å². The van der Waals surface area contributed by atoms with Gasteiger partial charge in [0.25, 0.3) is 0 Å². The van der Waals surface area contributed by atoms with Crippen molar-refractivity contribution in [2.75, 3.05) is 13.2 Å². The molecular weight excluding hydrogens is 392 g/mol. The van der Waals surface area contributed by atoms with E-state index in [-0.39, 0.29) is 29.9 Å². The Bertz CT molecular complexity index is 465. The fourth-order valence-corrected chi connectivity index (χ4v) is 0.0577. The van der Waals surface area contributed by atoms with Crippen LogP contribution >= 0.6 is 0 Å². The summed E-state index contributed by atoms with van der Waals surface area (Å²) < 4.78 is 0. The smallest absolute Gasteiger partial charge is 0.330 e. The first kappa shape index (κ1) is 36.6. The molecule has 0 radical (unpaired) electrons. The fourth-order valence-electron chi connectivity index (χ4n) is 0.0577. The van der Waals surface area contributed by atoms with Crippen molar-refractivity contribution in [3.05, 3.63) is 49.1 Å². The Morgan fingerprint density at radius 3 is 0.862 bits per heavy atom. The van der Waals surface area contributed by atoms with Crippen molar-refractivity contribution in [1.82, 2.24) is 0 Å². The topological polar surface area (TPSA) is 210 Å². The number of aliphatic hydroxyl groups is 3. The number of aliphatic carboxylic acids is 4. The molecule has 0 aliphatic carbocycles. The molecule has 0 fully saturated rings. The van der Waals surface area contributed by atoms with Gasteiger partial charge in [0.05, 0.1) is 13.2 Å². The first-order valence-corrected chi connectivity index (χ1v) is 7.43. The molecule has 11 nitrogen and oxygen atoms in total. The summed E-state index contributed by atoms with van der Waals surface area (Å²) in [7, 11) is 0. The highest BCUT2D eigenvalue weighted by atomic mass is 16.4. The summed E-state index contributed by atoms with van der Waals surface area (Å²) >= 11 is 0. The Morgan fingerprint density at radius 2 is 0.862 bits per heavy atom. The molecular formula is C18H30O11. The number of carboxylic acids is 4. The van der Waals surface area contributed by atoms with Crippen molar-refractivity contribution in [3.8, 4) is 0 Å². The molecule has 0 aromatic rings. The average molecular weight is 422 g/mol. The maximum absolute atomic E-state index is 9.60. The van der Waals surface area contributed by atoms with Gasteiger partial charge in [-0.05, 0) is 20.8 Å². The predicted octanol–water partition coefficient (Wildman–Crippen LogP) is 0.530. The Kier molecular flexibility index (Phi) is 31.2. The van der Waals surface area contributed by atoms with E-state index < -0.39 is 30.0 Å². The van der Waals surface area contributed by atoms with Crippen LogP contribution in [-0.2, 0) is 19.2 Å². The van der Waals surface area contributed by atoms with Crippen LogP contribution in [0.4, 0.5) is 0 Å². The van der Waals surface area contributed by atoms with Crippen LogP contribution in [0.3, 0.4) is 0 Å². The lowest BCUT2D eigenvalue weighted by molar-refractivity contribution is -0.133. The average Bonchev–Trinajstić information content (AvgIpc) is 2.62. The second-order valence-electron chi connectivity index (χ2n) is 4.82. The van der Waals surface area contributed by atoms with Gasteiger partial charge in [-0.15, -0.1) is 0 Å². The van der Waals surface area contributed by atoms with Gasteiger partial charge in [0.2, 0.25) is 0 Å². The van der Waals surface area contributed by atoms with Gasteiger partial charge in [0, 0.05) is 22.8 Å². The van der Waals surface area contributed by atoms with Gasteiger partial charge in [0.1, 0.15) is 6.10 Å². The summed E-state index contributed by atoms with van der Waals surface area (Å²) in [6.45, 7) is 16.0. The van der Waals surface area contributed by atoms with Crippen LogP contribution in [0.2, 0.25) is 0 Å². The van der Waals surface area contributed by atoms with E-state index in [2.05, 4.69) is 26.3 Å². The molecule has 0 amide bonds. The standard InChI is InChI=1S/3C4H6O2.C3H8O3.C3H4O2/c3*1-3(2)4(5)6;4-1-3(6)2-5;1-2-3(4)5/h3*1H2,2H3,(H,5,6);3-6H,1-2H2;2H,1H2,(H,4,5). The lowest BCUT2D eigenvalue weighted by Crippen LogP contribution is -2.15. The molecule has 0 spiro atoms. The molecule has 0 bridgehead atoms. The second kappa shape index (κ2) is 24.7. The lowest BCUT2D eigenvalue weighted by atomic mass is 10.4. The van der Waals surface area contributed by atoms with Gasteiger partial charge in [-0.25, -0.2) is 19.2 Å². The van der Waals surface area contributed by atoms with Crippen LogP contribution in [0, 0.1) is 0 Å². The van der Waals surface area contributed by atoms with E-state index in [1.165, 1.54) is 20.8 Å². The van der Waals surface area contributed by atoms with E-state index in [9.17, 15) is 19.2 Å². The highest BCUT2D eigenvalue weighted by Gasteiger charge is 1.94. The van der Waals surface area contributed by atoms with Gasteiger partial charge in [-0.2, -0.15) is 0 Å². The molecule has 0 heterocycles. The van der Waals surface area contributed by atoms with E-state index in [0.717, 1.165) is 6.08 Å². The molecule has 0 saturated carbocycles. The Hall–Kier alpha value is -3.28. The molecule has 11 heteroatoms. The van der Waals surface area contributed by atoms with E-state index in [4.69, 9.17) is 35.7 Å². The van der Waals surface area contributed by atoms with E-state index in [1.54, 1.807) is 0 Å². The first-order chi connectivity index (χ1) is 13.0. The Balaban J connectivity index is -0.0000000829. The van der Waals surface area contributed by atoms with Crippen LogP contribution in [-0.4, -0.2) is 78.9 Å². The molecule has 0 rings (SSSR count).